The first-order chi connectivity index (χ1) is 13.4. The summed E-state index contributed by atoms with van der Waals surface area (Å²) < 4.78 is 14.3. The van der Waals surface area contributed by atoms with E-state index in [9.17, 15) is 9.18 Å². The van der Waals surface area contributed by atoms with Crippen molar-refractivity contribution in [3.05, 3.63) is 0 Å². The number of halogens is 1. The van der Waals surface area contributed by atoms with Crippen molar-refractivity contribution >= 4 is 5.91 Å². The van der Waals surface area contributed by atoms with E-state index in [-0.39, 0.29) is 23.9 Å². The molecule has 160 valence electrons. The Balaban J connectivity index is 1.29. The molecule has 1 heterocycles. The highest BCUT2D eigenvalue weighted by atomic mass is 19.1. The van der Waals surface area contributed by atoms with Crippen LogP contribution in [0.5, 0.6) is 0 Å². The number of rotatable bonds is 4. The molecule has 0 aromatic rings. The third-order valence-corrected chi connectivity index (χ3v) is 8.56. The van der Waals surface area contributed by atoms with Gasteiger partial charge >= 0.3 is 0 Å². The van der Waals surface area contributed by atoms with Gasteiger partial charge in [0.1, 0.15) is 6.17 Å². The minimum absolute atomic E-state index is 0.0278. The minimum atomic E-state index is -0.738. The maximum Gasteiger partial charge on any atom is 0.237 e. The standard InChI is InChI=1S/C23H40FN3O/c1-14-7-10-20(24)19-13-21(26-22(14)19)23(28)25-17-6-4-5-15(11-17)16-8-9-18(12-16)27(2)3/h14-22,26H,4-13H2,1-3H3,(H,25,28)/t14?,15?,16-,17?,18+,19?,20?,21?,22?/m1/s1. The van der Waals surface area contributed by atoms with E-state index in [1.54, 1.807) is 0 Å². The zero-order valence-corrected chi connectivity index (χ0v) is 18.0. The highest BCUT2D eigenvalue weighted by Crippen LogP contribution is 2.41. The molecule has 5 heteroatoms. The summed E-state index contributed by atoms with van der Waals surface area (Å²) in [5, 5.41) is 6.84. The Morgan fingerprint density at radius 1 is 1.00 bits per heavy atom. The minimum Gasteiger partial charge on any atom is -0.352 e. The second-order valence-electron chi connectivity index (χ2n) is 10.5. The molecule has 4 rings (SSSR count). The average Bonchev–Trinajstić information content (AvgIpc) is 3.33. The molecule has 2 N–H and O–H groups in total. The topological polar surface area (TPSA) is 44.4 Å². The summed E-state index contributed by atoms with van der Waals surface area (Å²) in [4.78, 5) is 15.3. The molecule has 1 aliphatic heterocycles. The molecular formula is C23H40FN3O. The van der Waals surface area contributed by atoms with E-state index in [0.29, 0.717) is 24.8 Å². The number of carbonyl (C=O) groups excluding carboxylic acids is 1. The van der Waals surface area contributed by atoms with Gasteiger partial charge in [-0.3, -0.25) is 4.79 Å². The molecule has 4 aliphatic rings. The molecule has 9 atom stereocenters. The molecule has 1 amide bonds. The summed E-state index contributed by atoms with van der Waals surface area (Å²) in [6.45, 7) is 2.20. The Labute approximate surface area is 170 Å². The lowest BCUT2D eigenvalue weighted by atomic mass is 9.76. The van der Waals surface area contributed by atoms with Gasteiger partial charge in [0.15, 0.2) is 0 Å². The number of nitrogens with one attached hydrogen (secondary N) is 2. The first kappa shape index (κ1) is 20.6. The summed E-state index contributed by atoms with van der Waals surface area (Å²) in [5.74, 6) is 2.21. The largest absolute Gasteiger partial charge is 0.352 e. The van der Waals surface area contributed by atoms with Crippen LogP contribution in [-0.4, -0.2) is 55.2 Å². The van der Waals surface area contributed by atoms with Crippen LogP contribution in [0.2, 0.25) is 0 Å². The molecule has 3 aliphatic carbocycles. The van der Waals surface area contributed by atoms with Crippen molar-refractivity contribution in [3.8, 4) is 0 Å². The maximum absolute atomic E-state index is 14.3. The zero-order chi connectivity index (χ0) is 19.8. The zero-order valence-electron chi connectivity index (χ0n) is 18.0. The van der Waals surface area contributed by atoms with Crippen LogP contribution < -0.4 is 10.6 Å². The summed E-state index contributed by atoms with van der Waals surface area (Å²) in [6, 6.07) is 1.04. The number of fused-ring (bicyclic) bond motifs is 1. The molecular weight excluding hydrogens is 353 g/mol. The van der Waals surface area contributed by atoms with Crippen LogP contribution in [0.15, 0.2) is 0 Å². The van der Waals surface area contributed by atoms with Crippen LogP contribution in [0.25, 0.3) is 0 Å². The highest BCUT2D eigenvalue weighted by Gasteiger charge is 2.46. The van der Waals surface area contributed by atoms with Crippen LogP contribution in [0.4, 0.5) is 4.39 Å². The molecule has 0 aromatic heterocycles. The fourth-order valence-electron chi connectivity index (χ4n) is 6.78. The second kappa shape index (κ2) is 8.59. The van der Waals surface area contributed by atoms with Crippen molar-refractivity contribution in [1.82, 2.24) is 15.5 Å². The van der Waals surface area contributed by atoms with Crippen molar-refractivity contribution < 1.29 is 9.18 Å². The first-order valence-corrected chi connectivity index (χ1v) is 11.8. The van der Waals surface area contributed by atoms with E-state index in [0.717, 1.165) is 37.1 Å². The molecule has 0 bridgehead atoms. The van der Waals surface area contributed by atoms with Crippen LogP contribution >= 0.6 is 0 Å². The highest BCUT2D eigenvalue weighted by molar-refractivity contribution is 5.82. The number of amides is 1. The quantitative estimate of drug-likeness (QED) is 0.768. The Bertz CT molecular complexity index is 538. The van der Waals surface area contributed by atoms with Crippen molar-refractivity contribution in [2.45, 2.75) is 101 Å². The summed E-state index contributed by atoms with van der Waals surface area (Å²) in [6.07, 6.45) is 10.3. The molecule has 0 radical (unpaired) electrons. The Kier molecular flexibility index (Phi) is 6.32. The van der Waals surface area contributed by atoms with Gasteiger partial charge in [0.05, 0.1) is 6.04 Å². The normalized spacial score (nSPS) is 46.5. The number of hydrogen-bond acceptors (Lipinski definition) is 3. The van der Waals surface area contributed by atoms with Crippen molar-refractivity contribution in [2.24, 2.45) is 23.7 Å². The van der Waals surface area contributed by atoms with Gasteiger partial charge in [0.25, 0.3) is 0 Å². The van der Waals surface area contributed by atoms with Crippen LogP contribution in [-0.2, 0) is 4.79 Å². The van der Waals surface area contributed by atoms with E-state index >= 15 is 0 Å². The van der Waals surface area contributed by atoms with Gasteiger partial charge in [-0.25, -0.2) is 4.39 Å². The Morgan fingerprint density at radius 3 is 2.50 bits per heavy atom. The van der Waals surface area contributed by atoms with E-state index < -0.39 is 6.17 Å². The van der Waals surface area contributed by atoms with Crippen molar-refractivity contribution in [2.75, 3.05) is 14.1 Å². The predicted octanol–water partition coefficient (Wildman–Crippen LogP) is 3.51. The van der Waals surface area contributed by atoms with Gasteiger partial charge < -0.3 is 15.5 Å². The van der Waals surface area contributed by atoms with Crippen molar-refractivity contribution in [1.29, 1.82) is 0 Å². The van der Waals surface area contributed by atoms with Gasteiger partial charge in [0.2, 0.25) is 5.91 Å². The smallest absolute Gasteiger partial charge is 0.237 e. The van der Waals surface area contributed by atoms with E-state index in [2.05, 4.69) is 36.6 Å². The molecule has 4 fully saturated rings. The second-order valence-corrected chi connectivity index (χ2v) is 10.5. The van der Waals surface area contributed by atoms with Gasteiger partial charge in [0, 0.05) is 24.0 Å². The average molecular weight is 394 g/mol. The van der Waals surface area contributed by atoms with Gasteiger partial charge in [-0.05, 0) is 83.2 Å². The van der Waals surface area contributed by atoms with Crippen LogP contribution in [0.1, 0.15) is 71.1 Å². The van der Waals surface area contributed by atoms with Crippen LogP contribution in [0.3, 0.4) is 0 Å². The molecule has 1 saturated heterocycles. The molecule has 0 spiro atoms. The molecule has 28 heavy (non-hydrogen) atoms. The number of alkyl halides is 1. The third kappa shape index (κ3) is 4.26. The molecule has 7 unspecified atom stereocenters. The van der Waals surface area contributed by atoms with Gasteiger partial charge in [-0.15, -0.1) is 0 Å². The summed E-state index contributed by atoms with van der Waals surface area (Å²) in [5.41, 5.74) is 0. The first-order valence-electron chi connectivity index (χ1n) is 11.8. The summed E-state index contributed by atoms with van der Waals surface area (Å²) >= 11 is 0. The lowest BCUT2D eigenvalue weighted by molar-refractivity contribution is -0.124. The van der Waals surface area contributed by atoms with E-state index in [1.807, 2.05) is 0 Å². The Morgan fingerprint density at radius 2 is 1.79 bits per heavy atom. The third-order valence-electron chi connectivity index (χ3n) is 8.56. The Hall–Kier alpha value is -0.680. The fourth-order valence-corrected chi connectivity index (χ4v) is 6.78. The van der Waals surface area contributed by atoms with Crippen molar-refractivity contribution in [3.63, 3.8) is 0 Å². The maximum atomic E-state index is 14.3. The number of carbonyl (C=O) groups is 1. The number of nitrogens with zero attached hydrogens (tertiary/aromatic N) is 1. The van der Waals surface area contributed by atoms with Gasteiger partial charge in [-0.1, -0.05) is 19.8 Å². The lowest BCUT2D eigenvalue weighted by Gasteiger charge is -2.34. The van der Waals surface area contributed by atoms with E-state index in [4.69, 9.17) is 0 Å². The van der Waals surface area contributed by atoms with E-state index in [1.165, 1.54) is 32.1 Å². The predicted molar refractivity (Wildman–Crippen MR) is 111 cm³/mol. The fraction of sp³-hybridized carbons (Fsp3) is 0.957. The molecule has 0 aromatic carbocycles. The lowest BCUT2D eigenvalue weighted by Crippen LogP contribution is -2.49. The number of hydrogen-bond donors (Lipinski definition) is 2. The summed E-state index contributed by atoms with van der Waals surface area (Å²) in [7, 11) is 4.40. The monoisotopic (exact) mass is 393 g/mol. The molecule has 4 nitrogen and oxygen atoms in total. The van der Waals surface area contributed by atoms with Gasteiger partial charge in [-0.2, -0.15) is 0 Å². The molecule has 3 saturated carbocycles. The van der Waals surface area contributed by atoms with Crippen LogP contribution in [0, 0.1) is 23.7 Å². The SMILES string of the molecule is CC1CCC(F)C2CC(C(=O)NC3CCCC([C@@H]4CC[C@H](N(C)C)C4)C3)NC12.